The summed E-state index contributed by atoms with van der Waals surface area (Å²) in [7, 11) is 1.72. The molecule has 0 radical (unpaired) electrons. The first-order valence-corrected chi connectivity index (χ1v) is 26.1. The summed E-state index contributed by atoms with van der Waals surface area (Å²) in [5.74, 6) is 0.820. The lowest BCUT2D eigenvalue weighted by molar-refractivity contribution is 0.415. The zero-order valence-corrected chi connectivity index (χ0v) is 41.8. The molecule has 4 heteroatoms. The summed E-state index contributed by atoms with van der Waals surface area (Å²) in [6.07, 6.45) is 0. The van der Waals surface area contributed by atoms with E-state index in [0.29, 0.717) is 0 Å². The monoisotopic (exact) mass is 971 g/mol. The highest BCUT2D eigenvalue weighted by Gasteiger charge is 2.46. The molecule has 14 aromatic rings. The summed E-state index contributed by atoms with van der Waals surface area (Å²) >= 11 is 0. The molecule has 0 fully saturated rings. The molecule has 0 bridgehead atoms. The first-order valence-electron chi connectivity index (χ1n) is 26.1. The SMILES string of the molecule is COc1ccc(N(c2ccc(C3(c4cccc(-c5cc(-n6c7ccccc7c7ccccc76)cc(-n6c7ccccc7c7ccccc76)c5)c4)c4ccccc4-c4ccccc43)cc2)c2cccc3ccccc23)cc1. The van der Waals surface area contributed by atoms with Crippen molar-refractivity contribution in [2.75, 3.05) is 12.0 Å². The quantitative estimate of drug-likeness (QED) is 0.144. The Morgan fingerprint density at radius 2 is 0.789 bits per heavy atom. The molecule has 0 unspecified atom stereocenters. The van der Waals surface area contributed by atoms with Crippen LogP contribution in [0.25, 0.3) is 88.0 Å². The van der Waals surface area contributed by atoms with E-state index in [1.165, 1.54) is 87.8 Å². The van der Waals surface area contributed by atoms with Gasteiger partial charge in [0.1, 0.15) is 5.75 Å². The maximum atomic E-state index is 5.64. The maximum absolute atomic E-state index is 5.64. The van der Waals surface area contributed by atoms with Gasteiger partial charge < -0.3 is 18.8 Å². The van der Waals surface area contributed by atoms with Crippen LogP contribution in [-0.2, 0) is 5.41 Å². The minimum absolute atomic E-state index is 0.647. The van der Waals surface area contributed by atoms with Gasteiger partial charge in [0.2, 0.25) is 0 Å². The summed E-state index contributed by atoms with van der Waals surface area (Å²) in [5.41, 5.74) is 19.2. The molecule has 15 rings (SSSR count). The van der Waals surface area contributed by atoms with Crippen LogP contribution in [0.2, 0.25) is 0 Å². The molecule has 12 aromatic carbocycles. The fraction of sp³-hybridized carbons (Fsp3) is 0.0278. The molecule has 2 heterocycles. The number of para-hydroxylation sites is 4. The Bertz CT molecular complexity index is 4290. The molecule has 0 saturated heterocycles. The Morgan fingerprint density at radius 1 is 0.342 bits per heavy atom. The average molecular weight is 972 g/mol. The van der Waals surface area contributed by atoms with Crippen LogP contribution in [0.1, 0.15) is 22.3 Å². The smallest absolute Gasteiger partial charge is 0.119 e. The average Bonchev–Trinajstić information content (AvgIpc) is 4.26. The summed E-state index contributed by atoms with van der Waals surface area (Å²) in [5, 5.41) is 7.31. The largest absolute Gasteiger partial charge is 0.497 e. The number of methoxy groups -OCH3 is 1. The van der Waals surface area contributed by atoms with Crippen LogP contribution in [0.5, 0.6) is 5.75 Å². The van der Waals surface area contributed by atoms with Crippen molar-refractivity contribution in [2.45, 2.75) is 5.41 Å². The standard InChI is InChI=1S/C72H49N3O/c1-76-57-42-40-54(41-43-57)73(67-35-17-19-48-18-2-3-22-58(48)67)53-38-36-51(37-39-53)72(65-29-10-4-23-59(65)60-24-5-11-30-66(60)72)52-21-16-20-49(44-52)50-45-55(74-68-31-12-6-25-61(68)62-26-7-13-32-69(62)74)47-56(46-50)75-70-33-14-8-27-63(70)64-28-9-15-34-71(64)75/h2-47H,1H3. The number of benzene rings is 12. The van der Waals surface area contributed by atoms with Gasteiger partial charge in [-0.1, -0.05) is 188 Å². The van der Waals surface area contributed by atoms with Crippen LogP contribution in [0.3, 0.4) is 0 Å². The van der Waals surface area contributed by atoms with Crippen LogP contribution >= 0.6 is 0 Å². The Labute approximate surface area is 441 Å². The third-order valence-corrected chi connectivity index (χ3v) is 16.1. The van der Waals surface area contributed by atoms with E-state index in [1.807, 2.05) is 12.1 Å². The molecule has 1 aliphatic carbocycles. The number of anilines is 3. The van der Waals surface area contributed by atoms with Crippen molar-refractivity contribution < 1.29 is 4.74 Å². The normalized spacial score (nSPS) is 12.6. The third-order valence-electron chi connectivity index (χ3n) is 16.1. The lowest BCUT2D eigenvalue weighted by atomic mass is 9.67. The number of nitrogens with zero attached hydrogens (tertiary/aromatic N) is 3. The van der Waals surface area contributed by atoms with E-state index in [4.69, 9.17) is 4.74 Å². The second-order valence-electron chi connectivity index (χ2n) is 20.0. The number of hydrogen-bond donors (Lipinski definition) is 0. The van der Waals surface area contributed by atoms with Gasteiger partial charge >= 0.3 is 0 Å². The molecular weight excluding hydrogens is 923 g/mol. The van der Waals surface area contributed by atoms with Crippen molar-refractivity contribution in [2.24, 2.45) is 0 Å². The van der Waals surface area contributed by atoms with Gasteiger partial charge in [-0.2, -0.15) is 0 Å². The topological polar surface area (TPSA) is 22.3 Å². The zero-order chi connectivity index (χ0) is 50.3. The van der Waals surface area contributed by atoms with Gasteiger partial charge in [-0.15, -0.1) is 0 Å². The van der Waals surface area contributed by atoms with E-state index in [-0.39, 0.29) is 0 Å². The molecule has 76 heavy (non-hydrogen) atoms. The van der Waals surface area contributed by atoms with E-state index in [9.17, 15) is 0 Å². The second kappa shape index (κ2) is 17.4. The van der Waals surface area contributed by atoms with Crippen molar-refractivity contribution in [1.82, 2.24) is 9.13 Å². The summed E-state index contributed by atoms with van der Waals surface area (Å²) in [4.78, 5) is 2.37. The molecule has 0 amide bonds. The van der Waals surface area contributed by atoms with E-state index in [2.05, 4.69) is 281 Å². The summed E-state index contributed by atoms with van der Waals surface area (Å²) in [6, 6.07) is 103. The molecule has 0 atom stereocenters. The number of rotatable bonds is 9. The highest BCUT2D eigenvalue weighted by Crippen LogP contribution is 2.57. The van der Waals surface area contributed by atoms with Crippen molar-refractivity contribution in [3.63, 3.8) is 0 Å². The Kier molecular flexibility index (Phi) is 9.98. The van der Waals surface area contributed by atoms with E-state index in [0.717, 1.165) is 45.3 Å². The fourth-order valence-corrected chi connectivity index (χ4v) is 12.8. The van der Waals surface area contributed by atoms with Gasteiger partial charge in [0.05, 0.1) is 40.3 Å². The molecular formula is C72H49N3O. The van der Waals surface area contributed by atoms with Gasteiger partial charge in [0.25, 0.3) is 0 Å². The van der Waals surface area contributed by atoms with Gasteiger partial charge in [-0.3, -0.25) is 0 Å². The summed E-state index contributed by atoms with van der Waals surface area (Å²) in [6.45, 7) is 0. The van der Waals surface area contributed by atoms with Crippen molar-refractivity contribution in [3.05, 3.63) is 301 Å². The van der Waals surface area contributed by atoms with Crippen molar-refractivity contribution in [3.8, 4) is 39.4 Å². The lowest BCUT2D eigenvalue weighted by Gasteiger charge is -2.35. The Hall–Kier alpha value is -9.90. The molecule has 0 N–H and O–H groups in total. The molecule has 1 aliphatic rings. The van der Waals surface area contributed by atoms with E-state index >= 15 is 0 Å². The minimum Gasteiger partial charge on any atom is -0.497 e. The number of aromatic nitrogens is 2. The molecule has 0 spiro atoms. The van der Waals surface area contributed by atoms with Crippen LogP contribution in [0.4, 0.5) is 17.1 Å². The predicted molar refractivity (Wildman–Crippen MR) is 317 cm³/mol. The first-order chi connectivity index (χ1) is 37.7. The number of hydrogen-bond acceptors (Lipinski definition) is 2. The van der Waals surface area contributed by atoms with Crippen LogP contribution in [0, 0.1) is 0 Å². The Morgan fingerprint density at radius 3 is 1.33 bits per heavy atom. The maximum Gasteiger partial charge on any atom is 0.119 e. The molecule has 2 aromatic heterocycles. The predicted octanol–water partition coefficient (Wildman–Crippen LogP) is 18.5. The molecule has 0 saturated carbocycles. The Balaban J connectivity index is 0.960. The van der Waals surface area contributed by atoms with Gasteiger partial charge in [-0.05, 0) is 141 Å². The second-order valence-corrected chi connectivity index (χ2v) is 20.0. The molecule has 358 valence electrons. The first kappa shape index (κ1) is 43.7. The number of fused-ring (bicyclic) bond motifs is 10. The van der Waals surface area contributed by atoms with E-state index in [1.54, 1.807) is 7.11 Å². The van der Waals surface area contributed by atoms with E-state index < -0.39 is 5.41 Å². The highest BCUT2D eigenvalue weighted by molar-refractivity contribution is 6.11. The number of ether oxygens (including phenoxy) is 1. The molecule has 4 nitrogen and oxygen atoms in total. The fourth-order valence-electron chi connectivity index (χ4n) is 12.8. The van der Waals surface area contributed by atoms with Gasteiger partial charge in [0, 0.05) is 49.7 Å². The third kappa shape index (κ3) is 6.57. The van der Waals surface area contributed by atoms with Crippen molar-refractivity contribution >= 4 is 71.4 Å². The van der Waals surface area contributed by atoms with Crippen LogP contribution < -0.4 is 9.64 Å². The lowest BCUT2D eigenvalue weighted by Crippen LogP contribution is -2.28. The van der Waals surface area contributed by atoms with Gasteiger partial charge in [0.15, 0.2) is 0 Å². The van der Waals surface area contributed by atoms with Crippen molar-refractivity contribution in [1.29, 1.82) is 0 Å². The zero-order valence-electron chi connectivity index (χ0n) is 41.8. The molecule has 0 aliphatic heterocycles. The summed E-state index contributed by atoms with van der Waals surface area (Å²) < 4.78 is 10.5. The van der Waals surface area contributed by atoms with Gasteiger partial charge in [-0.25, -0.2) is 0 Å². The highest BCUT2D eigenvalue weighted by atomic mass is 16.5. The minimum atomic E-state index is -0.647. The van der Waals surface area contributed by atoms with Crippen LogP contribution in [0.15, 0.2) is 279 Å². The van der Waals surface area contributed by atoms with Crippen LogP contribution in [-0.4, -0.2) is 16.2 Å².